The summed E-state index contributed by atoms with van der Waals surface area (Å²) in [5.74, 6) is 0.0500. The van der Waals surface area contributed by atoms with Gasteiger partial charge in [-0.2, -0.15) is 0 Å². The van der Waals surface area contributed by atoms with Gasteiger partial charge >= 0.3 is 12.2 Å². The molecule has 1 aliphatic carbocycles. The van der Waals surface area contributed by atoms with Gasteiger partial charge in [-0.25, -0.2) is 9.59 Å². The highest BCUT2D eigenvalue weighted by molar-refractivity contribution is 5.79. The minimum atomic E-state index is -0.514. The molecule has 2 N–H and O–H groups in total. The van der Waals surface area contributed by atoms with Crippen molar-refractivity contribution < 1.29 is 42.7 Å². The lowest BCUT2D eigenvalue weighted by Gasteiger charge is -2.19. The minimum absolute atomic E-state index is 0.0500. The summed E-state index contributed by atoms with van der Waals surface area (Å²) in [6, 6.07) is 16.5. The van der Waals surface area contributed by atoms with Crippen LogP contribution in [0.3, 0.4) is 0 Å². The predicted octanol–water partition coefficient (Wildman–Crippen LogP) is 4.52. The SMILES string of the molecule is CC(C)(C)OC(=O)NCCOCCOCCOCCOCCOCCCNC(=O)OCC1c2ccccc2-c2ccccc21. The van der Waals surface area contributed by atoms with Crippen LogP contribution >= 0.6 is 0 Å². The normalized spacial score (nSPS) is 12.4. The highest BCUT2D eigenvalue weighted by Gasteiger charge is 2.28. The Morgan fingerprint density at radius 1 is 0.614 bits per heavy atom. The first-order valence-corrected chi connectivity index (χ1v) is 15.3. The van der Waals surface area contributed by atoms with Gasteiger partial charge in [-0.05, 0) is 49.4 Å². The number of rotatable bonds is 21. The fourth-order valence-corrected chi connectivity index (χ4v) is 4.54. The van der Waals surface area contributed by atoms with Crippen molar-refractivity contribution in [2.24, 2.45) is 0 Å². The van der Waals surface area contributed by atoms with E-state index < -0.39 is 17.8 Å². The van der Waals surface area contributed by atoms with Crippen molar-refractivity contribution >= 4 is 12.2 Å². The average Bonchev–Trinajstić information content (AvgIpc) is 3.31. The van der Waals surface area contributed by atoms with Crippen LogP contribution in [0.5, 0.6) is 0 Å². The number of hydrogen-bond acceptors (Lipinski definition) is 9. The maximum absolute atomic E-state index is 12.2. The van der Waals surface area contributed by atoms with Crippen molar-refractivity contribution in [3.63, 3.8) is 0 Å². The standard InChI is InChI=1S/C33H48N2O9/c1-33(2,3)44-32(37)35-14-16-39-18-20-41-22-24-42-23-21-40-19-17-38-15-8-13-34-31(36)43-25-30-28-11-6-4-9-26(28)27-10-5-7-12-29(27)30/h4-7,9-12,30H,8,13-25H2,1-3H3,(H,34,36)(H,35,37). The van der Waals surface area contributed by atoms with Crippen LogP contribution in [0.4, 0.5) is 9.59 Å². The Bertz CT molecular complexity index is 1080. The number of benzene rings is 2. The van der Waals surface area contributed by atoms with E-state index in [9.17, 15) is 9.59 Å². The summed E-state index contributed by atoms with van der Waals surface area (Å²) in [7, 11) is 0. The van der Waals surface area contributed by atoms with Crippen molar-refractivity contribution in [1.29, 1.82) is 0 Å². The Hall–Kier alpha value is -3.22. The van der Waals surface area contributed by atoms with Gasteiger partial charge in [0.05, 0.1) is 59.5 Å². The molecular weight excluding hydrogens is 568 g/mol. The molecular formula is C33H48N2O9. The second-order valence-electron chi connectivity index (χ2n) is 11.1. The molecule has 0 spiro atoms. The number of amides is 2. The van der Waals surface area contributed by atoms with Gasteiger partial charge in [0.1, 0.15) is 12.2 Å². The quantitative estimate of drug-likeness (QED) is 0.195. The summed E-state index contributed by atoms with van der Waals surface area (Å²) >= 11 is 0. The molecule has 1 aliphatic rings. The van der Waals surface area contributed by atoms with Gasteiger partial charge in [0.25, 0.3) is 0 Å². The van der Waals surface area contributed by atoms with E-state index in [1.165, 1.54) is 22.3 Å². The molecule has 0 aliphatic heterocycles. The van der Waals surface area contributed by atoms with E-state index in [0.717, 1.165) is 0 Å². The van der Waals surface area contributed by atoms with Gasteiger partial charge in [0.15, 0.2) is 0 Å². The maximum atomic E-state index is 12.2. The topological polar surface area (TPSA) is 123 Å². The van der Waals surface area contributed by atoms with Crippen LogP contribution in [-0.4, -0.2) is 104 Å². The summed E-state index contributed by atoms with van der Waals surface area (Å²) < 4.78 is 38.0. The molecule has 244 valence electrons. The van der Waals surface area contributed by atoms with Gasteiger partial charge in [-0.15, -0.1) is 0 Å². The molecule has 2 aromatic rings. The van der Waals surface area contributed by atoms with Crippen molar-refractivity contribution in [2.75, 3.05) is 85.8 Å². The third-order valence-electron chi connectivity index (χ3n) is 6.48. The molecule has 44 heavy (non-hydrogen) atoms. The van der Waals surface area contributed by atoms with Crippen molar-refractivity contribution in [1.82, 2.24) is 10.6 Å². The summed E-state index contributed by atoms with van der Waals surface area (Å²) in [6.07, 6.45) is -0.191. The number of alkyl carbamates (subject to hydrolysis) is 2. The van der Waals surface area contributed by atoms with E-state index >= 15 is 0 Å². The van der Waals surface area contributed by atoms with E-state index in [0.29, 0.717) is 92.2 Å². The van der Waals surface area contributed by atoms with Gasteiger partial charge in [0.2, 0.25) is 0 Å². The van der Waals surface area contributed by atoms with Crippen molar-refractivity contribution in [2.45, 2.75) is 38.7 Å². The number of nitrogens with one attached hydrogen (secondary N) is 2. The predicted molar refractivity (Wildman–Crippen MR) is 166 cm³/mol. The fraction of sp³-hybridized carbons (Fsp3) is 0.576. The van der Waals surface area contributed by atoms with E-state index in [4.69, 9.17) is 33.2 Å². The second-order valence-corrected chi connectivity index (χ2v) is 11.1. The molecule has 0 saturated heterocycles. The molecule has 2 aromatic carbocycles. The van der Waals surface area contributed by atoms with Crippen LogP contribution in [0.1, 0.15) is 44.2 Å². The van der Waals surface area contributed by atoms with Crippen LogP contribution in [0.2, 0.25) is 0 Å². The van der Waals surface area contributed by atoms with Crippen molar-refractivity contribution in [3.8, 4) is 11.1 Å². The van der Waals surface area contributed by atoms with E-state index in [1.54, 1.807) is 0 Å². The largest absolute Gasteiger partial charge is 0.449 e. The molecule has 0 aromatic heterocycles. The van der Waals surface area contributed by atoms with Crippen LogP contribution in [0.15, 0.2) is 48.5 Å². The molecule has 0 radical (unpaired) electrons. The molecule has 2 amide bonds. The summed E-state index contributed by atoms with van der Waals surface area (Å²) in [4.78, 5) is 23.7. The summed E-state index contributed by atoms with van der Waals surface area (Å²) in [5, 5.41) is 5.42. The lowest BCUT2D eigenvalue weighted by Crippen LogP contribution is -2.34. The minimum Gasteiger partial charge on any atom is -0.449 e. The fourth-order valence-electron chi connectivity index (χ4n) is 4.54. The molecule has 0 bridgehead atoms. The average molecular weight is 617 g/mol. The van der Waals surface area contributed by atoms with Gasteiger partial charge in [0, 0.05) is 25.6 Å². The van der Waals surface area contributed by atoms with Gasteiger partial charge in [-0.3, -0.25) is 0 Å². The molecule has 3 rings (SSSR count). The van der Waals surface area contributed by atoms with E-state index in [2.05, 4.69) is 34.9 Å². The first-order chi connectivity index (χ1) is 21.3. The van der Waals surface area contributed by atoms with Crippen molar-refractivity contribution in [3.05, 3.63) is 59.7 Å². The van der Waals surface area contributed by atoms with Gasteiger partial charge < -0.3 is 43.8 Å². The Labute approximate surface area is 260 Å². The van der Waals surface area contributed by atoms with E-state index in [-0.39, 0.29) is 5.92 Å². The molecule has 11 heteroatoms. The molecule has 0 unspecified atom stereocenters. The molecule has 0 atom stereocenters. The Morgan fingerprint density at radius 2 is 1.07 bits per heavy atom. The zero-order valence-corrected chi connectivity index (χ0v) is 26.3. The highest BCUT2D eigenvalue weighted by atomic mass is 16.6. The van der Waals surface area contributed by atoms with E-state index in [1.807, 2.05) is 45.0 Å². The summed E-state index contributed by atoms with van der Waals surface area (Å²) in [5.41, 5.74) is 4.29. The maximum Gasteiger partial charge on any atom is 0.407 e. The molecule has 11 nitrogen and oxygen atoms in total. The highest BCUT2D eigenvalue weighted by Crippen LogP contribution is 2.44. The number of fused-ring (bicyclic) bond motifs is 3. The van der Waals surface area contributed by atoms with Crippen LogP contribution in [0, 0.1) is 0 Å². The first-order valence-electron chi connectivity index (χ1n) is 15.3. The third kappa shape index (κ3) is 13.6. The number of hydrogen-bond donors (Lipinski definition) is 2. The Kier molecular flexibility index (Phi) is 16.0. The number of carbonyl (C=O) groups excluding carboxylic acids is 2. The van der Waals surface area contributed by atoms with Crippen LogP contribution in [0.25, 0.3) is 11.1 Å². The number of ether oxygens (including phenoxy) is 7. The van der Waals surface area contributed by atoms with Crippen LogP contribution in [-0.2, 0) is 33.2 Å². The Morgan fingerprint density at radius 3 is 1.59 bits per heavy atom. The third-order valence-corrected chi connectivity index (χ3v) is 6.48. The first kappa shape index (κ1) is 35.3. The monoisotopic (exact) mass is 616 g/mol. The second kappa shape index (κ2) is 19.9. The molecule has 0 fully saturated rings. The van der Waals surface area contributed by atoms with Crippen LogP contribution < -0.4 is 10.6 Å². The zero-order chi connectivity index (χ0) is 31.5. The Balaban J connectivity index is 1.05. The molecule has 0 heterocycles. The summed E-state index contributed by atoms with van der Waals surface area (Å²) in [6.45, 7) is 11.2. The zero-order valence-electron chi connectivity index (χ0n) is 26.3. The van der Waals surface area contributed by atoms with Gasteiger partial charge in [-0.1, -0.05) is 48.5 Å². The molecule has 0 saturated carbocycles. The smallest absolute Gasteiger partial charge is 0.407 e. The number of carbonyl (C=O) groups is 2. The lowest BCUT2D eigenvalue weighted by molar-refractivity contribution is -0.0110. The lowest BCUT2D eigenvalue weighted by atomic mass is 9.98.